The number of amides is 1. The molecule has 0 bridgehead atoms. The van der Waals surface area contributed by atoms with Crippen LogP contribution in [0.3, 0.4) is 0 Å². The summed E-state index contributed by atoms with van der Waals surface area (Å²) in [7, 11) is -3.82. The first-order valence-electron chi connectivity index (χ1n) is 10.7. The normalized spacial score (nSPS) is 14.5. The fourth-order valence-electron chi connectivity index (χ4n) is 3.54. The quantitative estimate of drug-likeness (QED) is 0.611. The van der Waals surface area contributed by atoms with Crippen LogP contribution in [0.2, 0.25) is 0 Å². The molecule has 8 heteroatoms. The van der Waals surface area contributed by atoms with Crippen LogP contribution in [-0.4, -0.2) is 47.0 Å². The van der Waals surface area contributed by atoms with Gasteiger partial charge in [0.05, 0.1) is 16.3 Å². The number of carbonyl (C=O) groups excluding carboxylic acids is 1. The van der Waals surface area contributed by atoms with Crippen molar-refractivity contribution >= 4 is 27.3 Å². The van der Waals surface area contributed by atoms with Crippen molar-refractivity contribution in [2.24, 2.45) is 5.92 Å². The highest BCUT2D eigenvalue weighted by Gasteiger charge is 2.22. The second kappa shape index (κ2) is 9.70. The van der Waals surface area contributed by atoms with Crippen molar-refractivity contribution in [2.45, 2.75) is 32.6 Å². The summed E-state index contributed by atoms with van der Waals surface area (Å²) in [6.45, 7) is 11.4. The van der Waals surface area contributed by atoms with Crippen LogP contribution in [-0.2, 0) is 10.0 Å². The van der Waals surface area contributed by atoms with Crippen LogP contribution >= 0.6 is 0 Å². The van der Waals surface area contributed by atoms with Crippen molar-refractivity contribution in [2.75, 3.05) is 42.3 Å². The summed E-state index contributed by atoms with van der Waals surface area (Å²) in [5.41, 5.74) is 3.16. The number of benzene rings is 2. The van der Waals surface area contributed by atoms with Crippen LogP contribution < -0.4 is 20.3 Å². The van der Waals surface area contributed by atoms with E-state index in [9.17, 15) is 13.2 Å². The number of nitrogens with one attached hydrogen (secondary N) is 3. The van der Waals surface area contributed by atoms with E-state index in [0.29, 0.717) is 29.3 Å². The Balaban J connectivity index is 1.99. The maximum atomic E-state index is 13.3. The highest BCUT2D eigenvalue weighted by atomic mass is 32.2. The Morgan fingerprint density at radius 2 is 1.81 bits per heavy atom. The minimum absolute atomic E-state index is 0.215. The lowest BCUT2D eigenvalue weighted by molar-refractivity contribution is 0.0949. The lowest BCUT2D eigenvalue weighted by Gasteiger charge is -2.31. The molecule has 0 atom stereocenters. The van der Waals surface area contributed by atoms with E-state index < -0.39 is 10.0 Å². The lowest BCUT2D eigenvalue weighted by atomic mass is 10.1. The first-order valence-corrected chi connectivity index (χ1v) is 12.1. The molecule has 0 radical (unpaired) electrons. The van der Waals surface area contributed by atoms with Gasteiger partial charge in [-0.1, -0.05) is 26.0 Å². The van der Waals surface area contributed by atoms with Gasteiger partial charge in [-0.3, -0.25) is 9.52 Å². The number of carbonyl (C=O) groups is 1. The van der Waals surface area contributed by atoms with Gasteiger partial charge in [0.2, 0.25) is 0 Å². The fraction of sp³-hybridized carbons (Fsp3) is 0.435. The Hall–Kier alpha value is -2.58. The predicted molar refractivity (Wildman–Crippen MR) is 125 cm³/mol. The van der Waals surface area contributed by atoms with E-state index >= 15 is 0 Å². The molecule has 1 aliphatic rings. The van der Waals surface area contributed by atoms with Gasteiger partial charge in [-0.2, -0.15) is 0 Å². The summed E-state index contributed by atoms with van der Waals surface area (Å²) in [4.78, 5) is 15.0. The predicted octanol–water partition coefficient (Wildman–Crippen LogP) is 2.90. The van der Waals surface area contributed by atoms with Crippen LogP contribution in [0.1, 0.15) is 35.3 Å². The number of hydrogen-bond acceptors (Lipinski definition) is 5. The largest absolute Gasteiger partial charge is 0.367 e. The minimum Gasteiger partial charge on any atom is -0.367 e. The number of piperazine rings is 1. The van der Waals surface area contributed by atoms with E-state index in [-0.39, 0.29) is 10.8 Å². The molecular weight excluding hydrogens is 412 g/mol. The van der Waals surface area contributed by atoms with Crippen LogP contribution in [0.15, 0.2) is 41.3 Å². The molecule has 3 N–H and O–H groups in total. The van der Waals surface area contributed by atoms with Gasteiger partial charge in [0, 0.05) is 38.3 Å². The molecule has 1 saturated heterocycles. The van der Waals surface area contributed by atoms with Crippen LogP contribution in [0.25, 0.3) is 0 Å². The molecule has 168 valence electrons. The van der Waals surface area contributed by atoms with E-state index in [2.05, 4.69) is 20.3 Å². The van der Waals surface area contributed by atoms with Gasteiger partial charge in [-0.15, -0.1) is 0 Å². The second-order valence-corrected chi connectivity index (χ2v) is 10.1. The summed E-state index contributed by atoms with van der Waals surface area (Å²) in [5, 5.41) is 6.20. The number of nitrogens with zero attached hydrogens (tertiary/aromatic N) is 1. The van der Waals surface area contributed by atoms with Crippen LogP contribution in [0.5, 0.6) is 0 Å². The molecule has 1 amide bonds. The molecule has 0 saturated carbocycles. The van der Waals surface area contributed by atoms with Crippen molar-refractivity contribution in [3.8, 4) is 0 Å². The fourth-order valence-corrected chi connectivity index (χ4v) is 4.93. The molecule has 7 nitrogen and oxygen atoms in total. The summed E-state index contributed by atoms with van der Waals surface area (Å²) >= 11 is 0. The van der Waals surface area contributed by atoms with Crippen molar-refractivity contribution in [3.05, 3.63) is 53.1 Å². The molecular formula is C23H32N4O3S. The maximum Gasteiger partial charge on any atom is 0.262 e. The molecule has 1 fully saturated rings. The zero-order valence-electron chi connectivity index (χ0n) is 18.7. The Labute approximate surface area is 185 Å². The molecule has 0 unspecified atom stereocenters. The average Bonchev–Trinajstić information content (AvgIpc) is 2.74. The lowest BCUT2D eigenvalue weighted by Crippen LogP contribution is -2.43. The molecule has 0 aliphatic carbocycles. The Morgan fingerprint density at radius 3 is 2.48 bits per heavy atom. The monoisotopic (exact) mass is 444 g/mol. The van der Waals surface area contributed by atoms with Crippen molar-refractivity contribution in [3.63, 3.8) is 0 Å². The van der Waals surface area contributed by atoms with Crippen molar-refractivity contribution in [1.29, 1.82) is 0 Å². The first-order chi connectivity index (χ1) is 14.7. The molecule has 31 heavy (non-hydrogen) atoms. The third kappa shape index (κ3) is 5.77. The van der Waals surface area contributed by atoms with Gasteiger partial charge in [0.1, 0.15) is 0 Å². The van der Waals surface area contributed by atoms with Crippen molar-refractivity contribution < 1.29 is 13.2 Å². The van der Waals surface area contributed by atoms with Crippen LogP contribution in [0.4, 0.5) is 11.4 Å². The summed E-state index contributed by atoms with van der Waals surface area (Å²) in [6.07, 6.45) is 0. The van der Waals surface area contributed by atoms with Crippen LogP contribution in [0, 0.1) is 19.8 Å². The van der Waals surface area contributed by atoms with E-state index in [1.54, 1.807) is 31.2 Å². The number of sulfonamides is 1. The third-order valence-electron chi connectivity index (χ3n) is 5.26. The zero-order chi connectivity index (χ0) is 22.6. The standard InChI is InChI=1S/C23H32N4O3S/c1-16(2)15-25-23(28)19-7-8-21(27-11-9-24-10-12-27)20(14-19)26-31(29,30)22-13-17(3)5-6-18(22)4/h5-8,13-14,16,24,26H,9-12,15H2,1-4H3,(H,25,28). The number of rotatable bonds is 7. The molecule has 1 heterocycles. The van der Waals surface area contributed by atoms with E-state index in [4.69, 9.17) is 0 Å². The van der Waals surface area contributed by atoms with Gasteiger partial charge >= 0.3 is 0 Å². The van der Waals surface area contributed by atoms with Crippen molar-refractivity contribution in [1.82, 2.24) is 10.6 Å². The highest BCUT2D eigenvalue weighted by molar-refractivity contribution is 7.92. The highest BCUT2D eigenvalue weighted by Crippen LogP contribution is 2.31. The maximum absolute atomic E-state index is 13.3. The van der Waals surface area contributed by atoms with Gasteiger partial charge in [0.15, 0.2) is 0 Å². The Bertz CT molecular complexity index is 1040. The smallest absolute Gasteiger partial charge is 0.262 e. The Morgan fingerprint density at radius 1 is 1.10 bits per heavy atom. The SMILES string of the molecule is Cc1ccc(C)c(S(=O)(=O)Nc2cc(C(=O)NCC(C)C)ccc2N2CCNCC2)c1. The van der Waals surface area contributed by atoms with Gasteiger partial charge < -0.3 is 15.5 Å². The summed E-state index contributed by atoms with van der Waals surface area (Å²) in [5.74, 6) is 0.110. The van der Waals surface area contributed by atoms with E-state index in [1.807, 2.05) is 32.9 Å². The molecule has 3 rings (SSSR count). The summed E-state index contributed by atoms with van der Waals surface area (Å²) in [6, 6.07) is 10.6. The molecule has 1 aliphatic heterocycles. The number of anilines is 2. The summed E-state index contributed by atoms with van der Waals surface area (Å²) < 4.78 is 29.3. The Kier molecular flexibility index (Phi) is 7.23. The van der Waals surface area contributed by atoms with E-state index in [0.717, 1.165) is 37.4 Å². The number of aryl methyl sites for hydroxylation is 2. The molecule has 2 aromatic rings. The van der Waals surface area contributed by atoms with E-state index in [1.165, 1.54) is 0 Å². The topological polar surface area (TPSA) is 90.5 Å². The zero-order valence-corrected chi connectivity index (χ0v) is 19.5. The average molecular weight is 445 g/mol. The number of hydrogen-bond donors (Lipinski definition) is 3. The third-order valence-corrected chi connectivity index (χ3v) is 6.77. The minimum atomic E-state index is -3.82. The van der Waals surface area contributed by atoms with Gasteiger partial charge in [0.25, 0.3) is 15.9 Å². The molecule has 0 spiro atoms. The van der Waals surface area contributed by atoms with Gasteiger partial charge in [-0.05, 0) is 55.2 Å². The first kappa shape index (κ1) is 23.1. The molecule has 2 aromatic carbocycles. The second-order valence-electron chi connectivity index (χ2n) is 8.45. The molecule has 0 aromatic heterocycles. The van der Waals surface area contributed by atoms with Gasteiger partial charge in [-0.25, -0.2) is 8.42 Å².